The molecule has 2 aromatic heterocycles. The minimum absolute atomic E-state index is 0.220. The second-order valence-corrected chi connectivity index (χ2v) is 10.2. The van der Waals surface area contributed by atoms with E-state index in [9.17, 15) is 22.5 Å². The molecule has 0 aromatic carbocycles. The molecule has 1 saturated carbocycles. The van der Waals surface area contributed by atoms with Gasteiger partial charge in [0.2, 0.25) is 13.3 Å². The number of carbonyl (C=O) groups excluding carboxylic acids is 1. The first-order valence-corrected chi connectivity index (χ1v) is 12.3. The van der Waals surface area contributed by atoms with Gasteiger partial charge in [0, 0.05) is 19.1 Å². The zero-order chi connectivity index (χ0) is 22.6. The van der Waals surface area contributed by atoms with Gasteiger partial charge in [-0.2, -0.15) is 13.2 Å². The SMILES string of the molecule is CCOP(C)(=O)c1ccc(NC(=O)[C@H](CC2CCCC2)n2cnc(C(F)(F)F)c2)nc1. The van der Waals surface area contributed by atoms with E-state index in [-0.39, 0.29) is 11.7 Å². The normalized spacial score (nSPS) is 18.0. The predicted molar refractivity (Wildman–Crippen MR) is 110 cm³/mol. The Bertz CT molecular complexity index is 940. The number of nitrogens with zero attached hydrogens (tertiary/aromatic N) is 3. The molecule has 1 unspecified atom stereocenters. The van der Waals surface area contributed by atoms with Crippen molar-refractivity contribution in [3.63, 3.8) is 0 Å². The summed E-state index contributed by atoms with van der Waals surface area (Å²) in [5.74, 6) is 0.0144. The molecule has 7 nitrogen and oxygen atoms in total. The fraction of sp³-hybridized carbons (Fsp3) is 0.550. The summed E-state index contributed by atoms with van der Waals surface area (Å²) in [6.07, 6.45) is 3.13. The van der Waals surface area contributed by atoms with Crippen molar-refractivity contribution < 1.29 is 27.1 Å². The van der Waals surface area contributed by atoms with E-state index in [1.54, 1.807) is 13.0 Å². The van der Waals surface area contributed by atoms with Crippen molar-refractivity contribution >= 4 is 24.4 Å². The number of anilines is 1. The minimum atomic E-state index is -4.58. The molecule has 2 atom stereocenters. The monoisotopic (exact) mass is 458 g/mol. The molecule has 31 heavy (non-hydrogen) atoms. The van der Waals surface area contributed by atoms with Gasteiger partial charge in [0.15, 0.2) is 5.69 Å². The molecule has 170 valence electrons. The summed E-state index contributed by atoms with van der Waals surface area (Å²) >= 11 is 0. The first-order chi connectivity index (χ1) is 14.6. The highest BCUT2D eigenvalue weighted by Crippen LogP contribution is 2.40. The van der Waals surface area contributed by atoms with E-state index in [0.29, 0.717) is 18.3 Å². The third-order valence-electron chi connectivity index (χ3n) is 5.43. The Morgan fingerprint density at radius 3 is 2.58 bits per heavy atom. The smallest absolute Gasteiger partial charge is 0.326 e. The van der Waals surface area contributed by atoms with Crippen molar-refractivity contribution in [1.82, 2.24) is 14.5 Å². The van der Waals surface area contributed by atoms with Crippen LogP contribution >= 0.6 is 7.37 Å². The molecule has 11 heteroatoms. The highest BCUT2D eigenvalue weighted by molar-refractivity contribution is 7.66. The van der Waals surface area contributed by atoms with Crippen molar-refractivity contribution in [2.45, 2.75) is 51.2 Å². The second kappa shape index (κ2) is 9.53. The minimum Gasteiger partial charge on any atom is -0.326 e. The Morgan fingerprint density at radius 1 is 1.32 bits per heavy atom. The van der Waals surface area contributed by atoms with Gasteiger partial charge in [-0.3, -0.25) is 9.36 Å². The number of halogens is 3. The van der Waals surface area contributed by atoms with Crippen LogP contribution in [-0.4, -0.2) is 33.7 Å². The first-order valence-electron chi connectivity index (χ1n) is 10.2. The summed E-state index contributed by atoms with van der Waals surface area (Å²) in [5.41, 5.74) is -1.03. The lowest BCUT2D eigenvalue weighted by Crippen LogP contribution is -2.27. The number of hydrogen-bond donors (Lipinski definition) is 1. The number of amides is 1. The van der Waals surface area contributed by atoms with Crippen molar-refractivity contribution in [3.8, 4) is 0 Å². The van der Waals surface area contributed by atoms with Crippen molar-refractivity contribution in [3.05, 3.63) is 36.5 Å². The van der Waals surface area contributed by atoms with E-state index in [0.717, 1.165) is 38.2 Å². The van der Waals surface area contributed by atoms with E-state index >= 15 is 0 Å². The third kappa shape index (κ3) is 5.95. The standard InChI is InChI=1S/C20H26F3N4O3P/c1-3-30-31(2,29)15-8-9-18(24-11-15)26-19(28)16(10-14-6-4-5-7-14)27-12-17(25-13-27)20(21,22)23/h8-9,11-14,16H,3-7,10H2,1-2H3,(H,24,26,28)/t16-,31?/m0/s1. The van der Waals surface area contributed by atoms with Gasteiger partial charge in [0.05, 0.1) is 18.2 Å². The Labute approximate surface area is 178 Å². The summed E-state index contributed by atoms with van der Waals surface area (Å²) in [5, 5.41) is 3.08. The molecule has 1 aliphatic carbocycles. The molecule has 0 bridgehead atoms. The summed E-state index contributed by atoms with van der Waals surface area (Å²) in [6.45, 7) is 3.52. The highest BCUT2D eigenvalue weighted by atomic mass is 31.2. The van der Waals surface area contributed by atoms with Crippen LogP contribution in [0.15, 0.2) is 30.9 Å². The Hall–Kier alpha value is -2.19. The molecule has 0 saturated heterocycles. The number of pyridine rings is 1. The van der Waals surface area contributed by atoms with Crippen LogP contribution < -0.4 is 10.6 Å². The number of rotatable bonds is 8. The van der Waals surface area contributed by atoms with Crippen LogP contribution in [0.2, 0.25) is 0 Å². The maximum absolute atomic E-state index is 13.0. The summed E-state index contributed by atoms with van der Waals surface area (Å²) < 4.78 is 57.9. The Kier molecular flexibility index (Phi) is 7.21. The molecule has 2 aromatic rings. The Balaban J connectivity index is 1.78. The van der Waals surface area contributed by atoms with E-state index in [4.69, 9.17) is 4.52 Å². The molecule has 1 N–H and O–H groups in total. The number of alkyl halides is 3. The lowest BCUT2D eigenvalue weighted by molar-refractivity contribution is -0.141. The van der Waals surface area contributed by atoms with Gasteiger partial charge in [-0.05, 0) is 31.4 Å². The first kappa shape index (κ1) is 23.5. The molecule has 2 heterocycles. The number of nitrogens with one attached hydrogen (secondary N) is 1. The van der Waals surface area contributed by atoms with Gasteiger partial charge in [0.25, 0.3) is 0 Å². The molecule has 0 spiro atoms. The van der Waals surface area contributed by atoms with Crippen LogP contribution in [0.3, 0.4) is 0 Å². The van der Waals surface area contributed by atoms with Gasteiger partial charge in [-0.1, -0.05) is 25.7 Å². The summed E-state index contributed by atoms with van der Waals surface area (Å²) in [4.78, 5) is 20.5. The number of hydrogen-bond acceptors (Lipinski definition) is 5. The highest BCUT2D eigenvalue weighted by Gasteiger charge is 2.35. The van der Waals surface area contributed by atoms with Crippen LogP contribution in [0.1, 0.15) is 50.8 Å². The molecule has 1 amide bonds. The average Bonchev–Trinajstić information content (AvgIpc) is 3.38. The number of aromatic nitrogens is 3. The largest absolute Gasteiger partial charge is 0.434 e. The van der Waals surface area contributed by atoms with Gasteiger partial charge in [0.1, 0.15) is 11.9 Å². The van der Waals surface area contributed by atoms with Gasteiger partial charge < -0.3 is 14.4 Å². The third-order valence-corrected chi connectivity index (χ3v) is 7.38. The topological polar surface area (TPSA) is 86.1 Å². The van der Waals surface area contributed by atoms with E-state index < -0.39 is 31.2 Å². The Morgan fingerprint density at radius 2 is 2.03 bits per heavy atom. The van der Waals surface area contributed by atoms with Gasteiger partial charge in [-0.15, -0.1) is 0 Å². The average molecular weight is 458 g/mol. The molecule has 0 radical (unpaired) electrons. The van der Waals surface area contributed by atoms with E-state index in [2.05, 4.69) is 15.3 Å². The maximum atomic E-state index is 13.0. The van der Waals surface area contributed by atoms with Crippen LogP contribution in [-0.2, 0) is 20.1 Å². The maximum Gasteiger partial charge on any atom is 0.434 e. The number of imidazole rings is 1. The van der Waals surface area contributed by atoms with E-state index in [1.807, 2.05) is 0 Å². The van der Waals surface area contributed by atoms with Crippen LogP contribution in [0.5, 0.6) is 0 Å². The van der Waals surface area contributed by atoms with Crippen LogP contribution in [0.25, 0.3) is 0 Å². The molecule has 1 fully saturated rings. The second-order valence-electron chi connectivity index (χ2n) is 7.76. The summed E-state index contributed by atoms with van der Waals surface area (Å²) in [7, 11) is -2.99. The van der Waals surface area contributed by atoms with Crippen LogP contribution in [0, 0.1) is 5.92 Å². The molecular weight excluding hydrogens is 432 g/mol. The van der Waals surface area contributed by atoms with Crippen molar-refractivity contribution in [1.29, 1.82) is 0 Å². The zero-order valence-electron chi connectivity index (χ0n) is 17.4. The van der Waals surface area contributed by atoms with Crippen molar-refractivity contribution in [2.24, 2.45) is 5.92 Å². The molecular formula is C20H26F3N4O3P. The van der Waals surface area contributed by atoms with Gasteiger partial charge >= 0.3 is 6.18 Å². The van der Waals surface area contributed by atoms with Gasteiger partial charge in [-0.25, -0.2) is 9.97 Å². The lowest BCUT2D eigenvalue weighted by atomic mass is 9.97. The fourth-order valence-electron chi connectivity index (χ4n) is 3.81. The zero-order valence-corrected chi connectivity index (χ0v) is 18.3. The molecule has 0 aliphatic heterocycles. The fourth-order valence-corrected chi connectivity index (χ4v) is 5.06. The predicted octanol–water partition coefficient (Wildman–Crippen LogP) is 4.63. The quantitative estimate of drug-likeness (QED) is 0.583. The molecule has 1 aliphatic rings. The lowest BCUT2D eigenvalue weighted by Gasteiger charge is -2.21. The van der Waals surface area contributed by atoms with Crippen LogP contribution in [0.4, 0.5) is 19.0 Å². The molecule has 3 rings (SSSR count). The van der Waals surface area contributed by atoms with E-state index in [1.165, 1.54) is 23.5 Å². The number of carbonyl (C=O) groups is 1. The van der Waals surface area contributed by atoms with Crippen molar-refractivity contribution in [2.75, 3.05) is 18.6 Å². The summed E-state index contributed by atoms with van der Waals surface area (Å²) in [6, 6.07) is 2.22.